The van der Waals surface area contributed by atoms with Crippen molar-refractivity contribution in [1.29, 1.82) is 0 Å². The van der Waals surface area contributed by atoms with Crippen LogP contribution in [0.15, 0.2) is 24.3 Å². The molecule has 3 N–H and O–H groups in total. The average molecular weight is 243 g/mol. The fourth-order valence-electron chi connectivity index (χ4n) is 2.84. The third-order valence-electron chi connectivity index (χ3n) is 4.01. The van der Waals surface area contributed by atoms with Crippen molar-refractivity contribution in [3.63, 3.8) is 0 Å². The number of rotatable bonds is 4. The van der Waals surface area contributed by atoms with E-state index in [9.17, 15) is 0 Å². The molecule has 1 heterocycles. The molecule has 18 heavy (non-hydrogen) atoms. The zero-order chi connectivity index (χ0) is 12.4. The van der Waals surface area contributed by atoms with Gasteiger partial charge in [0.05, 0.1) is 0 Å². The van der Waals surface area contributed by atoms with Gasteiger partial charge in [-0.05, 0) is 48.1 Å². The quantitative estimate of drug-likeness (QED) is 0.855. The minimum Gasteiger partial charge on any atom is -0.330 e. The van der Waals surface area contributed by atoms with E-state index in [0.29, 0.717) is 5.82 Å². The lowest BCUT2D eigenvalue weighted by molar-refractivity contribution is 0.229. The first kappa shape index (κ1) is 11.3. The molecular weight excluding hydrogens is 226 g/mol. The number of H-pyrrole nitrogens is 1. The van der Waals surface area contributed by atoms with Gasteiger partial charge in [0.15, 0.2) is 0 Å². The van der Waals surface area contributed by atoms with Crippen LogP contribution in [0, 0.1) is 0 Å². The molecule has 1 saturated carbocycles. The SMILES string of the molecule is NCCC1(c2cccc(-c3nn[nH]n3)c2)CCC1. The van der Waals surface area contributed by atoms with E-state index in [1.165, 1.54) is 24.8 Å². The molecule has 0 saturated heterocycles. The molecule has 3 rings (SSSR count). The van der Waals surface area contributed by atoms with Gasteiger partial charge in [-0.3, -0.25) is 0 Å². The van der Waals surface area contributed by atoms with Crippen molar-refractivity contribution in [2.45, 2.75) is 31.1 Å². The zero-order valence-electron chi connectivity index (χ0n) is 10.3. The molecule has 5 heteroatoms. The van der Waals surface area contributed by atoms with Gasteiger partial charge >= 0.3 is 0 Å². The highest BCUT2D eigenvalue weighted by Gasteiger charge is 2.37. The smallest absolute Gasteiger partial charge is 0.204 e. The minimum atomic E-state index is 0.286. The summed E-state index contributed by atoms with van der Waals surface area (Å²) < 4.78 is 0. The summed E-state index contributed by atoms with van der Waals surface area (Å²) in [5, 5.41) is 14.1. The molecule has 1 fully saturated rings. The molecular formula is C13H17N5. The number of aromatic amines is 1. The highest BCUT2D eigenvalue weighted by Crippen LogP contribution is 2.46. The molecule has 5 nitrogen and oxygen atoms in total. The van der Waals surface area contributed by atoms with Crippen LogP contribution >= 0.6 is 0 Å². The van der Waals surface area contributed by atoms with Gasteiger partial charge < -0.3 is 5.73 Å². The fraction of sp³-hybridized carbons (Fsp3) is 0.462. The van der Waals surface area contributed by atoms with Crippen LogP contribution in [0.5, 0.6) is 0 Å². The van der Waals surface area contributed by atoms with Crippen molar-refractivity contribution >= 4 is 0 Å². The number of aromatic nitrogens is 4. The van der Waals surface area contributed by atoms with Crippen molar-refractivity contribution in [2.24, 2.45) is 5.73 Å². The van der Waals surface area contributed by atoms with Gasteiger partial charge in [-0.25, -0.2) is 0 Å². The molecule has 0 unspecified atom stereocenters. The van der Waals surface area contributed by atoms with E-state index in [4.69, 9.17) is 5.73 Å². The summed E-state index contributed by atoms with van der Waals surface area (Å²) in [7, 11) is 0. The van der Waals surface area contributed by atoms with Crippen molar-refractivity contribution in [3.8, 4) is 11.4 Å². The number of tetrazole rings is 1. The lowest BCUT2D eigenvalue weighted by Gasteiger charge is -2.42. The van der Waals surface area contributed by atoms with Crippen LogP contribution < -0.4 is 5.73 Å². The summed E-state index contributed by atoms with van der Waals surface area (Å²) >= 11 is 0. The molecule has 1 aliphatic carbocycles. The normalized spacial score (nSPS) is 17.4. The maximum atomic E-state index is 5.75. The Morgan fingerprint density at radius 3 is 2.83 bits per heavy atom. The molecule has 2 aromatic rings. The Bertz CT molecular complexity index is 516. The van der Waals surface area contributed by atoms with E-state index < -0.39 is 0 Å². The van der Waals surface area contributed by atoms with E-state index in [2.05, 4.69) is 38.8 Å². The molecule has 0 spiro atoms. The second kappa shape index (κ2) is 4.49. The fourth-order valence-corrected chi connectivity index (χ4v) is 2.84. The Morgan fingerprint density at radius 2 is 2.22 bits per heavy atom. The molecule has 0 atom stereocenters. The third-order valence-corrected chi connectivity index (χ3v) is 4.01. The predicted octanol–water partition coefficient (Wildman–Crippen LogP) is 1.64. The number of hydrogen-bond donors (Lipinski definition) is 2. The van der Waals surface area contributed by atoms with Crippen LogP contribution in [-0.4, -0.2) is 27.2 Å². The maximum Gasteiger partial charge on any atom is 0.204 e. The van der Waals surface area contributed by atoms with Crippen molar-refractivity contribution in [3.05, 3.63) is 29.8 Å². The van der Waals surface area contributed by atoms with E-state index in [0.717, 1.165) is 18.5 Å². The van der Waals surface area contributed by atoms with Crippen LogP contribution in [-0.2, 0) is 5.41 Å². The molecule has 94 valence electrons. The topological polar surface area (TPSA) is 80.5 Å². The third kappa shape index (κ3) is 1.80. The van der Waals surface area contributed by atoms with Gasteiger partial charge in [0.2, 0.25) is 5.82 Å². The van der Waals surface area contributed by atoms with Gasteiger partial charge in [0, 0.05) is 5.56 Å². The molecule has 0 radical (unpaired) electrons. The largest absolute Gasteiger partial charge is 0.330 e. The molecule has 1 aromatic heterocycles. The van der Waals surface area contributed by atoms with Gasteiger partial charge in [0.25, 0.3) is 0 Å². The summed E-state index contributed by atoms with van der Waals surface area (Å²) in [6.07, 6.45) is 4.83. The summed E-state index contributed by atoms with van der Waals surface area (Å²) in [5.41, 5.74) is 8.42. The lowest BCUT2D eigenvalue weighted by Crippen LogP contribution is -2.36. The molecule has 1 aliphatic rings. The predicted molar refractivity (Wildman–Crippen MR) is 68.8 cm³/mol. The number of benzene rings is 1. The van der Waals surface area contributed by atoms with Crippen LogP contribution in [0.25, 0.3) is 11.4 Å². The van der Waals surface area contributed by atoms with Crippen LogP contribution in [0.1, 0.15) is 31.2 Å². The molecule has 0 aliphatic heterocycles. The Hall–Kier alpha value is -1.75. The van der Waals surface area contributed by atoms with E-state index in [1.54, 1.807) is 0 Å². The van der Waals surface area contributed by atoms with Gasteiger partial charge in [0.1, 0.15) is 0 Å². The Kier molecular flexibility index (Phi) is 2.83. The van der Waals surface area contributed by atoms with Crippen LogP contribution in [0.4, 0.5) is 0 Å². The van der Waals surface area contributed by atoms with Crippen molar-refractivity contribution in [2.75, 3.05) is 6.54 Å². The zero-order valence-corrected chi connectivity index (χ0v) is 10.3. The van der Waals surface area contributed by atoms with E-state index >= 15 is 0 Å². The highest BCUT2D eigenvalue weighted by atomic mass is 15.5. The second-order valence-corrected chi connectivity index (χ2v) is 4.99. The lowest BCUT2D eigenvalue weighted by atomic mass is 9.62. The van der Waals surface area contributed by atoms with Gasteiger partial charge in [-0.2, -0.15) is 5.21 Å². The van der Waals surface area contributed by atoms with Crippen molar-refractivity contribution in [1.82, 2.24) is 20.6 Å². The summed E-state index contributed by atoms with van der Waals surface area (Å²) in [4.78, 5) is 0. The van der Waals surface area contributed by atoms with E-state index in [-0.39, 0.29) is 5.41 Å². The highest BCUT2D eigenvalue weighted by molar-refractivity contribution is 5.56. The Balaban J connectivity index is 1.96. The van der Waals surface area contributed by atoms with Gasteiger partial charge in [-0.15, -0.1) is 10.2 Å². The van der Waals surface area contributed by atoms with Crippen LogP contribution in [0.2, 0.25) is 0 Å². The second-order valence-electron chi connectivity index (χ2n) is 4.99. The molecule has 1 aromatic carbocycles. The van der Waals surface area contributed by atoms with Gasteiger partial charge in [-0.1, -0.05) is 24.6 Å². The number of nitrogens with zero attached hydrogens (tertiary/aromatic N) is 3. The monoisotopic (exact) mass is 243 g/mol. The summed E-state index contributed by atoms with van der Waals surface area (Å²) in [5.74, 6) is 0.652. The number of hydrogen-bond acceptors (Lipinski definition) is 4. The van der Waals surface area contributed by atoms with E-state index in [1.807, 2.05) is 6.07 Å². The first-order chi connectivity index (χ1) is 8.84. The molecule has 0 bridgehead atoms. The van der Waals surface area contributed by atoms with Crippen molar-refractivity contribution < 1.29 is 0 Å². The standard InChI is InChI=1S/C13H17N5/c14-8-7-13(5-2-6-13)11-4-1-3-10(9-11)12-15-17-18-16-12/h1,3-4,9H,2,5-8,14H2,(H,15,16,17,18). The minimum absolute atomic E-state index is 0.286. The average Bonchev–Trinajstić information content (AvgIpc) is 2.88. The summed E-state index contributed by atoms with van der Waals surface area (Å²) in [6.45, 7) is 0.742. The summed E-state index contributed by atoms with van der Waals surface area (Å²) in [6, 6.07) is 8.46. The molecule has 0 amide bonds. The first-order valence-corrected chi connectivity index (χ1v) is 6.38. The Morgan fingerprint density at radius 1 is 1.33 bits per heavy atom. The Labute approximate surface area is 106 Å². The number of nitrogens with two attached hydrogens (primary N) is 1. The number of nitrogens with one attached hydrogen (secondary N) is 1. The first-order valence-electron chi connectivity index (χ1n) is 6.38. The maximum absolute atomic E-state index is 5.75. The van der Waals surface area contributed by atoms with Crippen LogP contribution in [0.3, 0.4) is 0 Å².